The molecule has 0 amide bonds. The van der Waals surface area contributed by atoms with Gasteiger partial charge < -0.3 is 9.47 Å². The number of para-hydroxylation sites is 2. The van der Waals surface area contributed by atoms with Crippen molar-refractivity contribution >= 4 is 22.8 Å². The number of imidazole rings is 1. The lowest BCUT2D eigenvalue weighted by Crippen LogP contribution is -2.21. The van der Waals surface area contributed by atoms with Gasteiger partial charge in [-0.3, -0.25) is 4.57 Å². The second-order valence-electron chi connectivity index (χ2n) is 6.22. The van der Waals surface area contributed by atoms with E-state index in [9.17, 15) is 0 Å². The highest BCUT2D eigenvalue weighted by atomic mass is 32.2. The zero-order valence-electron chi connectivity index (χ0n) is 14.4. The van der Waals surface area contributed by atoms with Gasteiger partial charge in [-0.2, -0.15) is 0 Å². The van der Waals surface area contributed by atoms with Crippen LogP contribution in [-0.2, 0) is 4.74 Å². The minimum absolute atomic E-state index is 0.336. The van der Waals surface area contributed by atoms with Crippen LogP contribution in [-0.4, -0.2) is 35.1 Å². The fourth-order valence-corrected chi connectivity index (χ4v) is 4.28. The fourth-order valence-electron chi connectivity index (χ4n) is 3.19. The van der Waals surface area contributed by atoms with E-state index >= 15 is 0 Å². The number of ether oxygens (including phenoxy) is 2. The molecule has 1 atom stereocenters. The third kappa shape index (κ3) is 3.53. The molecule has 0 saturated carbocycles. The topological polar surface area (TPSA) is 36.3 Å². The Morgan fingerprint density at radius 3 is 2.76 bits per heavy atom. The maximum Gasteiger partial charge on any atom is 0.173 e. The van der Waals surface area contributed by atoms with E-state index in [4.69, 9.17) is 14.5 Å². The Balaban J connectivity index is 1.67. The number of thioether (sulfide) groups is 1. The highest BCUT2D eigenvalue weighted by molar-refractivity contribution is 7.99. The predicted octanol–water partition coefficient (Wildman–Crippen LogP) is 4.70. The first-order valence-corrected chi connectivity index (χ1v) is 9.70. The van der Waals surface area contributed by atoms with Gasteiger partial charge in [0.2, 0.25) is 0 Å². The van der Waals surface area contributed by atoms with Gasteiger partial charge in [0.1, 0.15) is 5.75 Å². The van der Waals surface area contributed by atoms with E-state index in [0.717, 1.165) is 46.4 Å². The molecule has 0 N–H and O–H groups in total. The molecule has 0 radical (unpaired) electrons. The first-order chi connectivity index (χ1) is 12.3. The minimum atomic E-state index is 0.336. The Bertz CT molecular complexity index is 839. The van der Waals surface area contributed by atoms with Gasteiger partial charge in [0.25, 0.3) is 0 Å². The van der Waals surface area contributed by atoms with Crippen molar-refractivity contribution in [2.24, 2.45) is 0 Å². The molecule has 4 rings (SSSR count). The molecular formula is C20H22N2O2S. The van der Waals surface area contributed by atoms with E-state index in [1.807, 2.05) is 18.2 Å². The number of hydrogen-bond acceptors (Lipinski definition) is 4. The number of benzene rings is 2. The van der Waals surface area contributed by atoms with Crippen molar-refractivity contribution in [3.8, 4) is 11.4 Å². The van der Waals surface area contributed by atoms with E-state index in [1.165, 1.54) is 12.8 Å². The van der Waals surface area contributed by atoms with Gasteiger partial charge in [-0.15, -0.1) is 0 Å². The van der Waals surface area contributed by atoms with Crippen molar-refractivity contribution in [1.82, 2.24) is 9.55 Å². The van der Waals surface area contributed by atoms with Gasteiger partial charge >= 0.3 is 0 Å². The molecule has 0 spiro atoms. The Morgan fingerprint density at radius 1 is 1.16 bits per heavy atom. The quantitative estimate of drug-likeness (QED) is 0.623. The van der Waals surface area contributed by atoms with Crippen LogP contribution in [0.3, 0.4) is 0 Å². The SMILES string of the molecule is COc1ccc(-n2c(SC[C@@H]3CCCCO3)nc3ccccc32)cc1. The first-order valence-electron chi connectivity index (χ1n) is 8.71. The normalized spacial score (nSPS) is 17.7. The van der Waals surface area contributed by atoms with E-state index in [0.29, 0.717) is 6.10 Å². The van der Waals surface area contributed by atoms with Crippen LogP contribution in [0.15, 0.2) is 53.7 Å². The molecule has 4 nitrogen and oxygen atoms in total. The van der Waals surface area contributed by atoms with Gasteiger partial charge in [0.15, 0.2) is 5.16 Å². The van der Waals surface area contributed by atoms with Crippen LogP contribution in [0.5, 0.6) is 5.75 Å². The van der Waals surface area contributed by atoms with Gasteiger partial charge in [0, 0.05) is 18.0 Å². The van der Waals surface area contributed by atoms with Crippen LogP contribution in [0.25, 0.3) is 16.7 Å². The van der Waals surface area contributed by atoms with Crippen molar-refractivity contribution in [2.45, 2.75) is 30.5 Å². The Morgan fingerprint density at radius 2 is 2.00 bits per heavy atom. The zero-order chi connectivity index (χ0) is 17.1. The summed E-state index contributed by atoms with van der Waals surface area (Å²) < 4.78 is 13.4. The average Bonchev–Trinajstić information content (AvgIpc) is 3.05. The van der Waals surface area contributed by atoms with Crippen molar-refractivity contribution in [2.75, 3.05) is 19.5 Å². The Labute approximate surface area is 152 Å². The van der Waals surface area contributed by atoms with Crippen LogP contribution in [0, 0.1) is 0 Å². The number of rotatable bonds is 5. The van der Waals surface area contributed by atoms with Crippen molar-refractivity contribution in [1.29, 1.82) is 0 Å². The number of fused-ring (bicyclic) bond motifs is 1. The Hall–Kier alpha value is -1.98. The van der Waals surface area contributed by atoms with Gasteiger partial charge in [0.05, 0.1) is 24.2 Å². The molecule has 1 aliphatic rings. The molecule has 3 aromatic rings. The van der Waals surface area contributed by atoms with E-state index < -0.39 is 0 Å². The summed E-state index contributed by atoms with van der Waals surface area (Å²) in [5.41, 5.74) is 3.24. The summed E-state index contributed by atoms with van der Waals surface area (Å²) >= 11 is 1.78. The average molecular weight is 354 g/mol. The fraction of sp³-hybridized carbons (Fsp3) is 0.350. The highest BCUT2D eigenvalue weighted by Crippen LogP contribution is 2.30. The second-order valence-corrected chi connectivity index (χ2v) is 7.20. The zero-order valence-corrected chi connectivity index (χ0v) is 15.2. The monoisotopic (exact) mass is 354 g/mol. The lowest BCUT2D eigenvalue weighted by atomic mass is 10.1. The third-order valence-electron chi connectivity index (χ3n) is 4.53. The maximum atomic E-state index is 5.88. The number of aromatic nitrogens is 2. The molecule has 2 aromatic carbocycles. The van der Waals surface area contributed by atoms with Gasteiger partial charge in [-0.25, -0.2) is 4.98 Å². The molecule has 1 saturated heterocycles. The summed E-state index contributed by atoms with van der Waals surface area (Å²) in [7, 11) is 1.69. The molecule has 0 aliphatic carbocycles. The number of methoxy groups -OCH3 is 1. The van der Waals surface area contributed by atoms with Crippen LogP contribution in [0.4, 0.5) is 0 Å². The second kappa shape index (κ2) is 7.50. The standard InChI is InChI=1S/C20H22N2O2S/c1-23-16-11-9-15(10-12-16)22-19-8-3-2-7-18(19)21-20(22)25-14-17-6-4-5-13-24-17/h2-3,7-12,17H,4-6,13-14H2,1H3/t17-/m0/s1. The van der Waals surface area contributed by atoms with Crippen molar-refractivity contribution < 1.29 is 9.47 Å². The lowest BCUT2D eigenvalue weighted by Gasteiger charge is -2.22. The predicted molar refractivity (Wildman–Crippen MR) is 102 cm³/mol. The smallest absolute Gasteiger partial charge is 0.173 e. The summed E-state index contributed by atoms with van der Waals surface area (Å²) in [6.45, 7) is 0.889. The van der Waals surface area contributed by atoms with E-state index in [2.05, 4.69) is 34.9 Å². The van der Waals surface area contributed by atoms with Crippen molar-refractivity contribution in [3.63, 3.8) is 0 Å². The summed E-state index contributed by atoms with van der Waals surface area (Å²) in [5.74, 6) is 1.80. The molecule has 1 fully saturated rings. The molecule has 25 heavy (non-hydrogen) atoms. The van der Waals surface area contributed by atoms with Crippen molar-refractivity contribution in [3.05, 3.63) is 48.5 Å². The first kappa shape index (κ1) is 16.5. The van der Waals surface area contributed by atoms with Crippen LogP contribution >= 0.6 is 11.8 Å². The minimum Gasteiger partial charge on any atom is -0.497 e. The van der Waals surface area contributed by atoms with E-state index in [-0.39, 0.29) is 0 Å². The van der Waals surface area contributed by atoms with Crippen LogP contribution < -0.4 is 4.74 Å². The van der Waals surface area contributed by atoms with Crippen LogP contribution in [0.2, 0.25) is 0 Å². The third-order valence-corrected chi connectivity index (χ3v) is 5.60. The number of hydrogen-bond donors (Lipinski definition) is 0. The molecule has 0 bridgehead atoms. The number of nitrogens with zero attached hydrogens (tertiary/aromatic N) is 2. The molecule has 5 heteroatoms. The Kier molecular flexibility index (Phi) is 4.95. The van der Waals surface area contributed by atoms with Gasteiger partial charge in [-0.05, 0) is 55.7 Å². The van der Waals surface area contributed by atoms with Crippen LogP contribution in [0.1, 0.15) is 19.3 Å². The molecular weight excluding hydrogens is 332 g/mol. The van der Waals surface area contributed by atoms with Gasteiger partial charge in [-0.1, -0.05) is 23.9 Å². The molecule has 130 valence electrons. The molecule has 2 heterocycles. The van der Waals surface area contributed by atoms with E-state index in [1.54, 1.807) is 18.9 Å². The molecule has 0 unspecified atom stereocenters. The summed E-state index contributed by atoms with van der Waals surface area (Å²) in [6.07, 6.45) is 3.93. The summed E-state index contributed by atoms with van der Waals surface area (Å²) in [6, 6.07) is 16.4. The lowest BCUT2D eigenvalue weighted by molar-refractivity contribution is 0.0315. The summed E-state index contributed by atoms with van der Waals surface area (Å²) in [5, 5.41) is 1.01. The highest BCUT2D eigenvalue weighted by Gasteiger charge is 2.18. The maximum absolute atomic E-state index is 5.88. The molecule has 1 aromatic heterocycles. The largest absolute Gasteiger partial charge is 0.497 e. The molecule has 1 aliphatic heterocycles. The summed E-state index contributed by atoms with van der Waals surface area (Å²) in [4.78, 5) is 4.86.